The molecule has 3 aromatic rings. The standard InChI is InChI=1S/C19H20N2O3/c1-13-6-5-7-14(2)19(13)24-12-17-20-15-8-3-4-9-16(15)21(17)11-10-18(22)23/h3-9H,10-12H2,1-2H3,(H,22,23). The molecule has 1 heterocycles. The third-order valence-electron chi connectivity index (χ3n) is 4.04. The van der Waals surface area contributed by atoms with Crippen LogP contribution in [0.15, 0.2) is 42.5 Å². The van der Waals surface area contributed by atoms with E-state index in [-0.39, 0.29) is 6.42 Å². The van der Waals surface area contributed by atoms with Crippen molar-refractivity contribution in [2.45, 2.75) is 33.4 Å². The Morgan fingerprint density at radius 3 is 2.54 bits per heavy atom. The lowest BCUT2D eigenvalue weighted by molar-refractivity contribution is -0.137. The number of rotatable bonds is 6. The summed E-state index contributed by atoms with van der Waals surface area (Å²) in [5.41, 5.74) is 3.92. The van der Waals surface area contributed by atoms with E-state index in [0.29, 0.717) is 13.2 Å². The number of imidazole rings is 1. The largest absolute Gasteiger partial charge is 0.485 e. The van der Waals surface area contributed by atoms with Crippen molar-refractivity contribution in [1.82, 2.24) is 9.55 Å². The summed E-state index contributed by atoms with van der Waals surface area (Å²) in [6.07, 6.45) is 0.0523. The molecule has 1 aromatic heterocycles. The molecule has 0 amide bonds. The van der Waals surface area contributed by atoms with Crippen LogP contribution in [0, 0.1) is 13.8 Å². The van der Waals surface area contributed by atoms with Gasteiger partial charge in [-0.1, -0.05) is 30.3 Å². The summed E-state index contributed by atoms with van der Waals surface area (Å²) in [5.74, 6) is 0.767. The van der Waals surface area contributed by atoms with Gasteiger partial charge in [0.15, 0.2) is 0 Å². The van der Waals surface area contributed by atoms with Crippen molar-refractivity contribution in [3.8, 4) is 5.75 Å². The predicted octanol–water partition coefficient (Wildman–Crippen LogP) is 3.71. The molecule has 3 rings (SSSR count). The molecule has 0 fully saturated rings. The van der Waals surface area contributed by atoms with E-state index >= 15 is 0 Å². The second-order valence-corrected chi connectivity index (χ2v) is 5.82. The van der Waals surface area contributed by atoms with Gasteiger partial charge in [0.25, 0.3) is 0 Å². The number of hydrogen-bond donors (Lipinski definition) is 1. The summed E-state index contributed by atoms with van der Waals surface area (Å²) in [6.45, 7) is 4.70. The minimum atomic E-state index is -0.825. The molecule has 0 radical (unpaired) electrons. The maximum atomic E-state index is 10.9. The molecular weight excluding hydrogens is 304 g/mol. The van der Waals surface area contributed by atoms with Crippen LogP contribution in [0.25, 0.3) is 11.0 Å². The quantitative estimate of drug-likeness (QED) is 0.751. The minimum absolute atomic E-state index is 0.0523. The Balaban J connectivity index is 1.90. The van der Waals surface area contributed by atoms with E-state index in [1.54, 1.807) is 0 Å². The van der Waals surface area contributed by atoms with Crippen LogP contribution in [0.1, 0.15) is 23.4 Å². The van der Waals surface area contributed by atoms with Crippen LogP contribution in [-0.4, -0.2) is 20.6 Å². The van der Waals surface area contributed by atoms with Gasteiger partial charge in [-0.2, -0.15) is 0 Å². The van der Waals surface area contributed by atoms with Crippen molar-refractivity contribution >= 4 is 17.0 Å². The number of aliphatic carboxylic acids is 1. The van der Waals surface area contributed by atoms with Crippen LogP contribution in [0.4, 0.5) is 0 Å². The van der Waals surface area contributed by atoms with E-state index in [1.165, 1.54) is 0 Å². The number of benzene rings is 2. The van der Waals surface area contributed by atoms with E-state index < -0.39 is 5.97 Å². The number of fused-ring (bicyclic) bond motifs is 1. The Bertz CT molecular complexity index is 863. The molecule has 0 aliphatic heterocycles. The van der Waals surface area contributed by atoms with Crippen LogP contribution >= 0.6 is 0 Å². The van der Waals surface area contributed by atoms with E-state index in [2.05, 4.69) is 4.98 Å². The molecule has 0 aliphatic carbocycles. The molecule has 1 N–H and O–H groups in total. The summed E-state index contributed by atoms with van der Waals surface area (Å²) in [4.78, 5) is 15.6. The Hall–Kier alpha value is -2.82. The zero-order valence-electron chi connectivity index (χ0n) is 13.8. The fourth-order valence-corrected chi connectivity index (χ4v) is 2.86. The first-order valence-corrected chi connectivity index (χ1v) is 7.91. The maximum absolute atomic E-state index is 10.9. The highest BCUT2D eigenvalue weighted by Crippen LogP contribution is 2.24. The monoisotopic (exact) mass is 324 g/mol. The molecule has 5 heteroatoms. The lowest BCUT2D eigenvalue weighted by atomic mass is 10.1. The predicted molar refractivity (Wildman–Crippen MR) is 92.2 cm³/mol. The van der Waals surface area contributed by atoms with Gasteiger partial charge in [0.1, 0.15) is 18.2 Å². The highest BCUT2D eigenvalue weighted by atomic mass is 16.5. The number of carboxylic acid groups (broad SMARTS) is 1. The molecular formula is C19H20N2O3. The zero-order valence-corrected chi connectivity index (χ0v) is 13.8. The molecule has 0 aliphatic rings. The van der Waals surface area contributed by atoms with E-state index in [9.17, 15) is 4.79 Å². The number of ether oxygens (including phenoxy) is 1. The van der Waals surface area contributed by atoms with Gasteiger partial charge in [-0.25, -0.2) is 4.98 Å². The normalized spacial score (nSPS) is 10.9. The Labute approximate surface area is 140 Å². The SMILES string of the molecule is Cc1cccc(C)c1OCc1nc2ccccc2n1CCC(=O)O. The second kappa shape index (κ2) is 6.74. The van der Waals surface area contributed by atoms with Gasteiger partial charge in [-0.05, 0) is 37.1 Å². The molecule has 0 unspecified atom stereocenters. The highest BCUT2D eigenvalue weighted by Gasteiger charge is 2.13. The molecule has 2 aromatic carbocycles. The van der Waals surface area contributed by atoms with E-state index in [1.807, 2.05) is 60.9 Å². The third-order valence-corrected chi connectivity index (χ3v) is 4.04. The summed E-state index contributed by atoms with van der Waals surface area (Å²) in [6, 6.07) is 13.7. The summed E-state index contributed by atoms with van der Waals surface area (Å²) in [5, 5.41) is 8.99. The Morgan fingerprint density at radius 1 is 1.12 bits per heavy atom. The maximum Gasteiger partial charge on any atom is 0.305 e. The first-order valence-electron chi connectivity index (χ1n) is 7.91. The number of para-hydroxylation sites is 3. The van der Waals surface area contributed by atoms with Gasteiger partial charge >= 0.3 is 5.97 Å². The number of nitrogens with zero attached hydrogens (tertiary/aromatic N) is 2. The first-order chi connectivity index (χ1) is 11.6. The number of aromatic nitrogens is 2. The van der Waals surface area contributed by atoms with Crippen molar-refractivity contribution in [3.63, 3.8) is 0 Å². The smallest absolute Gasteiger partial charge is 0.305 e. The van der Waals surface area contributed by atoms with Gasteiger partial charge < -0.3 is 14.4 Å². The van der Waals surface area contributed by atoms with Gasteiger partial charge in [0, 0.05) is 6.54 Å². The molecule has 124 valence electrons. The van der Waals surface area contributed by atoms with Crippen LogP contribution in [-0.2, 0) is 17.9 Å². The van der Waals surface area contributed by atoms with Gasteiger partial charge in [0.05, 0.1) is 17.5 Å². The van der Waals surface area contributed by atoms with E-state index in [0.717, 1.165) is 33.7 Å². The highest BCUT2D eigenvalue weighted by molar-refractivity contribution is 5.76. The molecule has 0 atom stereocenters. The molecule has 0 spiro atoms. The second-order valence-electron chi connectivity index (χ2n) is 5.82. The van der Waals surface area contributed by atoms with E-state index in [4.69, 9.17) is 9.84 Å². The van der Waals surface area contributed by atoms with Crippen molar-refractivity contribution < 1.29 is 14.6 Å². The van der Waals surface area contributed by atoms with Gasteiger partial charge in [0.2, 0.25) is 0 Å². The van der Waals surface area contributed by atoms with Crippen LogP contribution in [0.5, 0.6) is 5.75 Å². The molecule has 24 heavy (non-hydrogen) atoms. The Morgan fingerprint density at radius 2 is 1.83 bits per heavy atom. The average molecular weight is 324 g/mol. The zero-order chi connectivity index (χ0) is 17.1. The average Bonchev–Trinajstić information content (AvgIpc) is 2.90. The molecule has 0 saturated heterocycles. The number of hydrogen-bond acceptors (Lipinski definition) is 3. The minimum Gasteiger partial charge on any atom is -0.485 e. The summed E-state index contributed by atoms with van der Waals surface area (Å²) >= 11 is 0. The fraction of sp³-hybridized carbons (Fsp3) is 0.263. The van der Waals surface area contributed by atoms with Crippen molar-refractivity contribution in [3.05, 3.63) is 59.4 Å². The molecule has 0 bridgehead atoms. The summed E-state index contributed by atoms with van der Waals surface area (Å²) < 4.78 is 7.93. The number of aryl methyl sites for hydroxylation is 3. The number of carbonyl (C=O) groups is 1. The fourth-order valence-electron chi connectivity index (χ4n) is 2.86. The first kappa shape index (κ1) is 16.1. The summed E-state index contributed by atoms with van der Waals surface area (Å²) in [7, 11) is 0. The van der Waals surface area contributed by atoms with Crippen molar-refractivity contribution in [1.29, 1.82) is 0 Å². The van der Waals surface area contributed by atoms with Crippen LogP contribution in [0.3, 0.4) is 0 Å². The lowest BCUT2D eigenvalue weighted by Gasteiger charge is -2.13. The topological polar surface area (TPSA) is 64.4 Å². The molecule has 5 nitrogen and oxygen atoms in total. The number of carboxylic acids is 1. The lowest BCUT2D eigenvalue weighted by Crippen LogP contribution is -2.11. The molecule has 0 saturated carbocycles. The van der Waals surface area contributed by atoms with Crippen molar-refractivity contribution in [2.75, 3.05) is 0 Å². The third kappa shape index (κ3) is 3.25. The Kier molecular flexibility index (Phi) is 4.51. The van der Waals surface area contributed by atoms with Crippen LogP contribution < -0.4 is 4.74 Å². The van der Waals surface area contributed by atoms with Gasteiger partial charge in [-0.3, -0.25) is 4.79 Å². The van der Waals surface area contributed by atoms with Gasteiger partial charge in [-0.15, -0.1) is 0 Å². The van der Waals surface area contributed by atoms with Crippen molar-refractivity contribution in [2.24, 2.45) is 0 Å². The van der Waals surface area contributed by atoms with Crippen LogP contribution in [0.2, 0.25) is 0 Å².